The minimum Gasteiger partial charge on any atom is -0.493 e. The van der Waals surface area contributed by atoms with Crippen molar-refractivity contribution in [3.8, 4) is 5.75 Å². The van der Waals surface area contributed by atoms with Crippen LogP contribution in [0.4, 0.5) is 0 Å². The number of ether oxygens (including phenoxy) is 2. The van der Waals surface area contributed by atoms with Crippen molar-refractivity contribution in [3.63, 3.8) is 0 Å². The molecule has 9 heteroatoms. The molecular formula is C34H43NO7S. The van der Waals surface area contributed by atoms with Crippen LogP contribution in [0.15, 0.2) is 60.2 Å². The van der Waals surface area contributed by atoms with E-state index in [1.807, 2.05) is 43.3 Å². The summed E-state index contributed by atoms with van der Waals surface area (Å²) in [6.45, 7) is 7.39. The fourth-order valence-corrected chi connectivity index (χ4v) is 6.33. The van der Waals surface area contributed by atoms with Crippen LogP contribution in [0.5, 0.6) is 5.75 Å². The van der Waals surface area contributed by atoms with Crippen molar-refractivity contribution >= 4 is 27.3 Å². The van der Waals surface area contributed by atoms with Crippen molar-refractivity contribution in [3.05, 3.63) is 82.4 Å². The summed E-state index contributed by atoms with van der Waals surface area (Å²) < 4.78 is 35.7. The molecule has 2 aromatic rings. The number of sulfone groups is 1. The smallest absolute Gasteiger partial charge is 0.326 e. The molecule has 0 saturated carbocycles. The van der Waals surface area contributed by atoms with E-state index in [1.54, 1.807) is 6.08 Å². The lowest BCUT2D eigenvalue weighted by Gasteiger charge is -2.34. The molecule has 43 heavy (non-hydrogen) atoms. The zero-order chi connectivity index (χ0) is 31.2. The third kappa shape index (κ3) is 8.57. The van der Waals surface area contributed by atoms with Gasteiger partial charge in [0.2, 0.25) is 0 Å². The Morgan fingerprint density at radius 2 is 1.93 bits per heavy atom. The molecule has 3 atom stereocenters. The summed E-state index contributed by atoms with van der Waals surface area (Å²) in [7, 11) is -3.39. The number of carboxylic acid groups (broad SMARTS) is 1. The van der Waals surface area contributed by atoms with Gasteiger partial charge in [0, 0.05) is 23.7 Å². The van der Waals surface area contributed by atoms with Crippen LogP contribution < -0.4 is 10.1 Å². The van der Waals surface area contributed by atoms with Crippen molar-refractivity contribution in [1.29, 1.82) is 0 Å². The highest BCUT2D eigenvalue weighted by atomic mass is 32.2. The maximum absolute atomic E-state index is 13.5. The van der Waals surface area contributed by atoms with Crippen molar-refractivity contribution in [2.75, 3.05) is 25.2 Å². The lowest BCUT2D eigenvalue weighted by Crippen LogP contribution is -2.43. The molecule has 4 rings (SSSR count). The summed E-state index contributed by atoms with van der Waals surface area (Å²) in [6.07, 6.45) is 8.90. The molecule has 0 radical (unpaired) electrons. The van der Waals surface area contributed by atoms with Crippen molar-refractivity contribution < 1.29 is 32.6 Å². The minimum atomic E-state index is -3.39. The van der Waals surface area contributed by atoms with Gasteiger partial charge in [-0.05, 0) is 66.1 Å². The van der Waals surface area contributed by atoms with Gasteiger partial charge >= 0.3 is 5.97 Å². The first-order valence-electron chi connectivity index (χ1n) is 15.0. The van der Waals surface area contributed by atoms with Crippen LogP contribution in [-0.4, -0.2) is 56.7 Å². The predicted molar refractivity (Wildman–Crippen MR) is 168 cm³/mol. The van der Waals surface area contributed by atoms with Crippen LogP contribution in [0, 0.1) is 12.3 Å². The Balaban J connectivity index is 1.58. The Labute approximate surface area is 255 Å². The average molecular weight is 610 g/mol. The fraction of sp³-hybridized carbons (Fsp3) is 0.471. The number of amides is 1. The number of aryl methyl sites for hydroxylation is 1. The van der Waals surface area contributed by atoms with E-state index in [-0.39, 0.29) is 18.3 Å². The SMILES string of the molecule is CCCCC(OCC1(C)C=CC(C(=O)NC(CCS(C)(=O)=O)C(=O)O)=C(c2ccccc2C)C1)c1ccc2c(c1)CCO2. The first-order chi connectivity index (χ1) is 20.4. The molecule has 2 aliphatic rings. The van der Waals surface area contributed by atoms with Gasteiger partial charge in [-0.25, -0.2) is 13.2 Å². The van der Waals surface area contributed by atoms with E-state index in [0.717, 1.165) is 60.0 Å². The quantitative estimate of drug-likeness (QED) is 0.286. The standard InChI is InChI=1S/C34H43NO7S/c1-5-6-11-30(24-12-13-31-25(20-24)15-18-41-31)42-22-34(3)17-14-27(28(21-34)26-10-8-7-9-23(26)2)32(36)35-29(33(37)38)16-19-43(4,39)40/h7-10,12-14,17,20,29-30H,5-6,11,15-16,18-19,21-22H2,1-4H3,(H,35,36)(H,37,38). The van der Waals surface area contributed by atoms with E-state index in [9.17, 15) is 23.1 Å². The number of nitrogens with one attached hydrogen (secondary N) is 1. The lowest BCUT2D eigenvalue weighted by atomic mass is 9.75. The van der Waals surface area contributed by atoms with E-state index >= 15 is 0 Å². The number of carbonyl (C=O) groups excluding carboxylic acids is 1. The minimum absolute atomic E-state index is 0.0715. The van der Waals surface area contributed by atoms with Crippen molar-refractivity contribution in [1.82, 2.24) is 5.32 Å². The summed E-state index contributed by atoms with van der Waals surface area (Å²) in [4.78, 5) is 25.4. The van der Waals surface area contributed by atoms with Gasteiger partial charge in [0.25, 0.3) is 5.91 Å². The van der Waals surface area contributed by atoms with Crippen LogP contribution in [0.25, 0.3) is 5.57 Å². The zero-order valence-corrected chi connectivity index (χ0v) is 26.3. The van der Waals surface area contributed by atoms with Gasteiger partial charge in [0.05, 0.1) is 25.1 Å². The number of unbranched alkanes of at least 4 members (excludes halogenated alkanes) is 1. The normalized spacial score (nSPS) is 19.4. The van der Waals surface area contributed by atoms with Gasteiger partial charge in [-0.3, -0.25) is 4.79 Å². The largest absolute Gasteiger partial charge is 0.493 e. The van der Waals surface area contributed by atoms with Gasteiger partial charge in [-0.2, -0.15) is 0 Å². The topological polar surface area (TPSA) is 119 Å². The molecule has 0 saturated heterocycles. The van der Waals surface area contributed by atoms with Crippen LogP contribution in [0.3, 0.4) is 0 Å². The molecule has 2 N–H and O–H groups in total. The molecule has 0 aromatic heterocycles. The van der Waals surface area contributed by atoms with Crippen molar-refractivity contribution in [2.45, 2.75) is 71.4 Å². The molecule has 8 nitrogen and oxygen atoms in total. The summed E-state index contributed by atoms with van der Waals surface area (Å²) in [6, 6.07) is 12.8. The second-order valence-electron chi connectivity index (χ2n) is 12.1. The maximum Gasteiger partial charge on any atom is 0.326 e. The number of benzene rings is 2. The van der Waals surface area contributed by atoms with Crippen LogP contribution in [0.1, 0.15) is 74.3 Å². The molecular weight excluding hydrogens is 566 g/mol. The first kappa shape index (κ1) is 32.5. The maximum atomic E-state index is 13.5. The zero-order valence-electron chi connectivity index (χ0n) is 25.5. The van der Waals surface area contributed by atoms with Crippen LogP contribution in [0.2, 0.25) is 0 Å². The van der Waals surface area contributed by atoms with Gasteiger partial charge in [0.15, 0.2) is 0 Å². The summed E-state index contributed by atoms with van der Waals surface area (Å²) in [5.74, 6) is -1.21. The number of rotatable bonds is 14. The Hall–Kier alpha value is -3.43. The van der Waals surface area contributed by atoms with Gasteiger partial charge in [-0.15, -0.1) is 0 Å². The molecule has 0 spiro atoms. The number of hydrogen-bond acceptors (Lipinski definition) is 6. The van der Waals surface area contributed by atoms with E-state index in [4.69, 9.17) is 9.47 Å². The van der Waals surface area contributed by atoms with Crippen LogP contribution in [-0.2, 0) is 30.6 Å². The first-order valence-corrected chi connectivity index (χ1v) is 17.0. The second kappa shape index (κ2) is 13.9. The lowest BCUT2D eigenvalue weighted by molar-refractivity contribution is -0.141. The molecule has 3 unspecified atom stereocenters. The molecule has 1 amide bonds. The van der Waals surface area contributed by atoms with Gasteiger partial charge in [-0.1, -0.05) is 69.2 Å². The molecule has 232 valence electrons. The summed E-state index contributed by atoms with van der Waals surface area (Å²) in [5, 5.41) is 12.3. The summed E-state index contributed by atoms with van der Waals surface area (Å²) in [5.41, 5.74) is 5.01. The number of carboxylic acids is 1. The number of hydrogen-bond donors (Lipinski definition) is 2. The average Bonchev–Trinajstić information content (AvgIpc) is 3.43. The monoisotopic (exact) mass is 609 g/mol. The Morgan fingerprint density at radius 1 is 1.16 bits per heavy atom. The predicted octanol–water partition coefficient (Wildman–Crippen LogP) is 5.60. The van der Waals surface area contributed by atoms with Crippen LogP contribution >= 0.6 is 0 Å². The Morgan fingerprint density at radius 3 is 2.63 bits per heavy atom. The highest BCUT2D eigenvalue weighted by molar-refractivity contribution is 7.90. The number of allylic oxidation sites excluding steroid dienone is 1. The Bertz CT molecular complexity index is 1510. The van der Waals surface area contributed by atoms with Crippen molar-refractivity contribution in [2.24, 2.45) is 5.41 Å². The van der Waals surface area contributed by atoms with E-state index < -0.39 is 33.2 Å². The highest BCUT2D eigenvalue weighted by Gasteiger charge is 2.33. The molecule has 1 heterocycles. The number of carbonyl (C=O) groups is 2. The summed E-state index contributed by atoms with van der Waals surface area (Å²) >= 11 is 0. The number of fused-ring (bicyclic) bond motifs is 1. The van der Waals surface area contributed by atoms with Gasteiger partial charge < -0.3 is 19.9 Å². The van der Waals surface area contributed by atoms with E-state index in [1.165, 1.54) is 5.56 Å². The fourth-order valence-electron chi connectivity index (χ4n) is 5.67. The molecule has 2 aromatic carbocycles. The second-order valence-corrected chi connectivity index (χ2v) is 14.3. The number of aliphatic carboxylic acids is 1. The van der Waals surface area contributed by atoms with Gasteiger partial charge in [0.1, 0.15) is 21.6 Å². The molecule has 1 aliphatic heterocycles. The Kier molecular flexibility index (Phi) is 10.5. The highest BCUT2D eigenvalue weighted by Crippen LogP contribution is 2.42. The molecule has 0 bridgehead atoms. The van der Waals surface area contributed by atoms with E-state index in [2.05, 4.69) is 31.3 Å². The third-order valence-electron chi connectivity index (χ3n) is 8.17. The third-order valence-corrected chi connectivity index (χ3v) is 9.15. The molecule has 0 fully saturated rings. The molecule has 1 aliphatic carbocycles. The van der Waals surface area contributed by atoms with E-state index in [0.29, 0.717) is 25.2 Å².